The Labute approximate surface area is 141 Å². The van der Waals surface area contributed by atoms with Crippen LogP contribution in [-0.4, -0.2) is 47.7 Å². The molecule has 1 heterocycles. The van der Waals surface area contributed by atoms with Gasteiger partial charge in [0, 0.05) is 36.7 Å². The number of nitrogens with zero attached hydrogens (tertiary/aromatic N) is 2. The van der Waals surface area contributed by atoms with Crippen LogP contribution in [0.1, 0.15) is 39.3 Å². The molecule has 0 spiro atoms. The van der Waals surface area contributed by atoms with Crippen molar-refractivity contribution in [3.8, 4) is 0 Å². The highest BCUT2D eigenvalue weighted by Gasteiger charge is 2.27. The second-order valence-electron chi connectivity index (χ2n) is 6.73. The van der Waals surface area contributed by atoms with Crippen molar-refractivity contribution < 1.29 is 9.53 Å². The molecule has 5 heteroatoms. The normalized spacial score (nSPS) is 18.1. The second-order valence-corrected chi connectivity index (χ2v) is 7.65. The first kappa shape index (κ1) is 17.3. The minimum atomic E-state index is -0.433. The molecule has 122 valence electrons. The first-order valence-corrected chi connectivity index (χ1v) is 8.53. The number of benzene rings is 1. The highest BCUT2D eigenvalue weighted by molar-refractivity contribution is 9.10. The van der Waals surface area contributed by atoms with Gasteiger partial charge >= 0.3 is 6.09 Å². The summed E-state index contributed by atoms with van der Waals surface area (Å²) in [4.78, 5) is 16.3. The fourth-order valence-electron chi connectivity index (χ4n) is 2.60. The molecule has 0 N–H and O–H groups in total. The van der Waals surface area contributed by atoms with Gasteiger partial charge < -0.3 is 9.64 Å². The van der Waals surface area contributed by atoms with E-state index in [0.717, 1.165) is 17.6 Å². The molecule has 1 unspecified atom stereocenters. The maximum absolute atomic E-state index is 12.1. The van der Waals surface area contributed by atoms with Crippen LogP contribution in [0.25, 0.3) is 0 Å². The Morgan fingerprint density at radius 1 is 1.23 bits per heavy atom. The minimum absolute atomic E-state index is 0.206. The summed E-state index contributed by atoms with van der Waals surface area (Å²) in [6.45, 7) is 11.1. The number of piperazine rings is 1. The number of rotatable bonds is 2. The fourth-order valence-corrected chi connectivity index (χ4v) is 3.01. The summed E-state index contributed by atoms with van der Waals surface area (Å²) in [5, 5.41) is 0. The van der Waals surface area contributed by atoms with Gasteiger partial charge in [0.25, 0.3) is 0 Å². The molecule has 1 aliphatic heterocycles. The molecule has 1 aliphatic rings. The lowest BCUT2D eigenvalue weighted by molar-refractivity contribution is 0.0110. The van der Waals surface area contributed by atoms with Crippen molar-refractivity contribution in [2.75, 3.05) is 26.2 Å². The number of halogens is 1. The van der Waals surface area contributed by atoms with Crippen LogP contribution in [0.2, 0.25) is 0 Å². The number of carbonyl (C=O) groups excluding carboxylic acids is 1. The van der Waals surface area contributed by atoms with Crippen molar-refractivity contribution in [1.82, 2.24) is 9.80 Å². The first-order chi connectivity index (χ1) is 10.3. The Kier molecular flexibility index (Phi) is 5.50. The van der Waals surface area contributed by atoms with Crippen LogP contribution < -0.4 is 0 Å². The molecule has 22 heavy (non-hydrogen) atoms. The molecule has 1 saturated heterocycles. The number of hydrogen-bond acceptors (Lipinski definition) is 3. The van der Waals surface area contributed by atoms with Gasteiger partial charge in [-0.15, -0.1) is 0 Å². The molecule has 1 fully saturated rings. The second kappa shape index (κ2) is 7.01. The van der Waals surface area contributed by atoms with E-state index in [9.17, 15) is 4.79 Å². The lowest BCUT2D eigenvalue weighted by atomic mass is 10.1. The van der Waals surface area contributed by atoms with E-state index in [0.29, 0.717) is 19.1 Å². The van der Waals surface area contributed by atoms with Gasteiger partial charge in [-0.1, -0.05) is 28.1 Å². The predicted molar refractivity (Wildman–Crippen MR) is 91.9 cm³/mol. The predicted octanol–water partition coefficient (Wildman–Crippen LogP) is 4.06. The molecule has 2 rings (SSSR count). The van der Waals surface area contributed by atoms with E-state index in [1.165, 1.54) is 5.56 Å². The smallest absolute Gasteiger partial charge is 0.410 e. The van der Waals surface area contributed by atoms with Crippen LogP contribution in [0.5, 0.6) is 0 Å². The zero-order valence-corrected chi connectivity index (χ0v) is 15.4. The van der Waals surface area contributed by atoms with Gasteiger partial charge in [0.15, 0.2) is 0 Å². The van der Waals surface area contributed by atoms with Crippen LogP contribution in [-0.2, 0) is 4.74 Å². The van der Waals surface area contributed by atoms with E-state index in [2.05, 4.69) is 46.0 Å². The summed E-state index contributed by atoms with van der Waals surface area (Å²) >= 11 is 3.52. The summed E-state index contributed by atoms with van der Waals surface area (Å²) in [5.74, 6) is 0. The Morgan fingerprint density at radius 3 is 2.41 bits per heavy atom. The number of ether oxygens (including phenoxy) is 1. The molecule has 1 atom stereocenters. The van der Waals surface area contributed by atoms with Crippen LogP contribution in [0.4, 0.5) is 4.79 Å². The maximum Gasteiger partial charge on any atom is 0.410 e. The Balaban J connectivity index is 1.90. The van der Waals surface area contributed by atoms with Gasteiger partial charge in [-0.2, -0.15) is 0 Å². The van der Waals surface area contributed by atoms with E-state index in [-0.39, 0.29) is 6.09 Å². The summed E-state index contributed by atoms with van der Waals surface area (Å²) in [6.07, 6.45) is -0.206. The van der Waals surface area contributed by atoms with E-state index in [1.807, 2.05) is 26.8 Å². The standard InChI is InChI=1S/C17H25BrN2O2/c1-13(14-6-5-7-15(18)12-14)19-8-10-20(11-9-19)16(21)22-17(2,3)4/h5-7,12-13H,8-11H2,1-4H3. The number of amides is 1. The Morgan fingerprint density at radius 2 is 1.86 bits per heavy atom. The van der Waals surface area contributed by atoms with Crippen LogP contribution >= 0.6 is 15.9 Å². The van der Waals surface area contributed by atoms with Crippen molar-refractivity contribution in [1.29, 1.82) is 0 Å². The number of hydrogen-bond donors (Lipinski definition) is 0. The topological polar surface area (TPSA) is 32.8 Å². The highest BCUT2D eigenvalue weighted by atomic mass is 79.9. The molecule has 0 aromatic heterocycles. The van der Waals surface area contributed by atoms with Crippen molar-refractivity contribution in [3.63, 3.8) is 0 Å². The SMILES string of the molecule is CC(c1cccc(Br)c1)N1CCN(C(=O)OC(C)(C)C)CC1. The molecule has 1 aromatic carbocycles. The first-order valence-electron chi connectivity index (χ1n) is 7.74. The summed E-state index contributed by atoms with van der Waals surface area (Å²) in [6, 6.07) is 8.75. The van der Waals surface area contributed by atoms with Gasteiger partial charge in [0.05, 0.1) is 0 Å². The quantitative estimate of drug-likeness (QED) is 0.788. The zero-order chi connectivity index (χ0) is 16.3. The fraction of sp³-hybridized carbons (Fsp3) is 0.588. The average Bonchev–Trinajstić information content (AvgIpc) is 2.45. The van der Waals surface area contributed by atoms with Gasteiger partial charge in [-0.3, -0.25) is 4.90 Å². The highest BCUT2D eigenvalue weighted by Crippen LogP contribution is 2.24. The van der Waals surface area contributed by atoms with Gasteiger partial charge in [-0.05, 0) is 45.4 Å². The van der Waals surface area contributed by atoms with Crippen LogP contribution in [0, 0.1) is 0 Å². The average molecular weight is 369 g/mol. The Hall–Kier alpha value is -1.07. The zero-order valence-electron chi connectivity index (χ0n) is 13.8. The monoisotopic (exact) mass is 368 g/mol. The lowest BCUT2D eigenvalue weighted by Crippen LogP contribution is -2.50. The van der Waals surface area contributed by atoms with Crippen LogP contribution in [0.15, 0.2) is 28.7 Å². The van der Waals surface area contributed by atoms with E-state index in [4.69, 9.17) is 4.74 Å². The summed E-state index contributed by atoms with van der Waals surface area (Å²) in [5.41, 5.74) is 0.859. The third kappa shape index (κ3) is 4.71. The van der Waals surface area contributed by atoms with Crippen molar-refractivity contribution in [2.45, 2.75) is 39.3 Å². The van der Waals surface area contributed by atoms with Crippen molar-refractivity contribution >= 4 is 22.0 Å². The van der Waals surface area contributed by atoms with E-state index < -0.39 is 5.60 Å². The summed E-state index contributed by atoms with van der Waals surface area (Å²) in [7, 11) is 0. The molecular formula is C17H25BrN2O2. The maximum atomic E-state index is 12.1. The molecular weight excluding hydrogens is 344 g/mol. The van der Waals surface area contributed by atoms with Crippen LogP contribution in [0.3, 0.4) is 0 Å². The third-order valence-corrected chi connectivity index (χ3v) is 4.34. The molecule has 0 bridgehead atoms. The summed E-state index contributed by atoms with van der Waals surface area (Å²) < 4.78 is 6.54. The number of carbonyl (C=O) groups is 1. The third-order valence-electron chi connectivity index (χ3n) is 3.84. The molecule has 0 radical (unpaired) electrons. The van der Waals surface area contributed by atoms with Gasteiger partial charge in [0.1, 0.15) is 5.60 Å². The molecule has 0 saturated carbocycles. The molecule has 0 aliphatic carbocycles. The van der Waals surface area contributed by atoms with Gasteiger partial charge in [0.2, 0.25) is 0 Å². The lowest BCUT2D eigenvalue weighted by Gasteiger charge is -2.38. The molecule has 4 nitrogen and oxygen atoms in total. The van der Waals surface area contributed by atoms with E-state index >= 15 is 0 Å². The van der Waals surface area contributed by atoms with Crippen molar-refractivity contribution in [3.05, 3.63) is 34.3 Å². The van der Waals surface area contributed by atoms with E-state index in [1.54, 1.807) is 4.90 Å². The molecule has 1 aromatic rings. The molecule has 1 amide bonds. The minimum Gasteiger partial charge on any atom is -0.444 e. The van der Waals surface area contributed by atoms with Gasteiger partial charge in [-0.25, -0.2) is 4.79 Å². The Bertz CT molecular complexity index is 520. The van der Waals surface area contributed by atoms with Crippen molar-refractivity contribution in [2.24, 2.45) is 0 Å². The largest absolute Gasteiger partial charge is 0.444 e.